The second-order valence-electron chi connectivity index (χ2n) is 7.33. The minimum Gasteiger partial charge on any atom is -0.339 e. The van der Waals surface area contributed by atoms with Crippen molar-refractivity contribution in [2.75, 3.05) is 13.1 Å². The second kappa shape index (κ2) is 9.31. The van der Waals surface area contributed by atoms with E-state index in [1.54, 1.807) is 16.8 Å². The lowest BCUT2D eigenvalue weighted by Gasteiger charge is -2.30. The lowest BCUT2D eigenvalue weighted by Crippen LogP contribution is -2.42. The number of aromatic nitrogens is 1. The van der Waals surface area contributed by atoms with E-state index >= 15 is 0 Å². The van der Waals surface area contributed by atoms with Gasteiger partial charge in [-0.2, -0.15) is 0 Å². The molecular weight excluding hydrogens is 350 g/mol. The Labute approximate surface area is 166 Å². The normalized spacial score (nSPS) is 16.1. The van der Waals surface area contributed by atoms with Crippen LogP contribution in [0.4, 0.5) is 0 Å². The summed E-state index contributed by atoms with van der Waals surface area (Å²) in [5.41, 5.74) is 1.69. The second-order valence-corrected chi connectivity index (χ2v) is 7.33. The van der Waals surface area contributed by atoms with E-state index in [1.807, 2.05) is 73.4 Å². The quantitative estimate of drug-likeness (QED) is 0.767. The van der Waals surface area contributed by atoms with Crippen molar-refractivity contribution in [2.24, 2.45) is 10.9 Å². The Kier molecular flexibility index (Phi) is 6.58. The van der Waals surface area contributed by atoms with Gasteiger partial charge in [0.25, 0.3) is 0 Å². The maximum atomic E-state index is 13.0. The highest BCUT2D eigenvalue weighted by atomic mass is 16.2. The van der Waals surface area contributed by atoms with Gasteiger partial charge >= 0.3 is 0 Å². The van der Waals surface area contributed by atoms with Crippen LogP contribution in [-0.4, -0.2) is 40.4 Å². The molecule has 28 heavy (non-hydrogen) atoms. The van der Waals surface area contributed by atoms with Crippen molar-refractivity contribution < 1.29 is 9.59 Å². The molecule has 1 amide bonds. The van der Waals surface area contributed by atoms with E-state index in [1.165, 1.54) is 0 Å². The summed E-state index contributed by atoms with van der Waals surface area (Å²) in [7, 11) is 0. The number of carbonyl (C=O) groups excluding carboxylic acids is 2. The average molecular weight is 377 g/mol. The highest BCUT2D eigenvalue weighted by Gasteiger charge is 2.27. The molecule has 1 aromatic carbocycles. The molecule has 1 fully saturated rings. The first-order valence-corrected chi connectivity index (χ1v) is 9.82. The third-order valence-electron chi connectivity index (χ3n) is 4.84. The van der Waals surface area contributed by atoms with Gasteiger partial charge in [-0.25, -0.2) is 0 Å². The van der Waals surface area contributed by atoms with Gasteiger partial charge in [0.2, 0.25) is 11.8 Å². The van der Waals surface area contributed by atoms with E-state index in [-0.39, 0.29) is 23.8 Å². The summed E-state index contributed by atoms with van der Waals surface area (Å²) in [6.07, 6.45) is 6.57. The van der Waals surface area contributed by atoms with Crippen LogP contribution in [0.15, 0.2) is 65.8 Å². The van der Waals surface area contributed by atoms with Gasteiger partial charge in [-0.1, -0.05) is 36.4 Å². The first-order valence-electron chi connectivity index (χ1n) is 9.82. The molecule has 0 spiro atoms. The van der Waals surface area contributed by atoms with Crippen molar-refractivity contribution in [1.29, 1.82) is 0 Å². The number of pyridine rings is 1. The number of nitrogens with zero attached hydrogens (tertiary/aromatic N) is 3. The third-order valence-corrected chi connectivity index (χ3v) is 4.84. The summed E-state index contributed by atoms with van der Waals surface area (Å²) in [4.78, 5) is 31.8. The van der Waals surface area contributed by atoms with Crippen molar-refractivity contribution in [3.05, 3.63) is 71.9 Å². The molecule has 5 nitrogen and oxygen atoms in total. The summed E-state index contributed by atoms with van der Waals surface area (Å²) in [6, 6.07) is 15.5. The van der Waals surface area contributed by atoms with Crippen LogP contribution >= 0.6 is 0 Å². The van der Waals surface area contributed by atoms with E-state index in [9.17, 15) is 9.59 Å². The summed E-state index contributed by atoms with van der Waals surface area (Å²) >= 11 is 0. The van der Waals surface area contributed by atoms with Crippen molar-refractivity contribution in [3.8, 4) is 0 Å². The van der Waals surface area contributed by atoms with Gasteiger partial charge < -0.3 is 4.90 Å². The topological polar surface area (TPSA) is 54.7 Å². The van der Waals surface area contributed by atoms with Crippen molar-refractivity contribution in [3.63, 3.8) is 0 Å². The summed E-state index contributed by atoms with van der Waals surface area (Å²) in [6.45, 7) is 5.18. The number of amides is 1. The molecule has 0 atom stereocenters. The van der Waals surface area contributed by atoms with Gasteiger partial charge in [0.1, 0.15) is 5.49 Å². The largest absolute Gasteiger partial charge is 0.339 e. The van der Waals surface area contributed by atoms with Crippen LogP contribution in [0.25, 0.3) is 6.08 Å². The Bertz CT molecular complexity index is 905. The van der Waals surface area contributed by atoms with Gasteiger partial charge in [0.15, 0.2) is 0 Å². The van der Waals surface area contributed by atoms with Gasteiger partial charge in [-0.3, -0.25) is 19.1 Å². The van der Waals surface area contributed by atoms with Crippen LogP contribution in [0.2, 0.25) is 0 Å². The Balaban J connectivity index is 1.62. The molecule has 1 aliphatic heterocycles. The highest BCUT2D eigenvalue weighted by Crippen LogP contribution is 2.19. The van der Waals surface area contributed by atoms with Crippen LogP contribution < -0.4 is 5.49 Å². The number of likely N-dealkylation sites (tertiary alicyclic amines) is 1. The Hall–Kier alpha value is -2.95. The van der Waals surface area contributed by atoms with Crippen molar-refractivity contribution >= 4 is 17.9 Å². The number of rotatable bonds is 4. The van der Waals surface area contributed by atoms with Gasteiger partial charge in [0.05, 0.1) is 0 Å². The summed E-state index contributed by atoms with van der Waals surface area (Å²) < 4.78 is 1.65. The molecule has 146 valence electrons. The Morgan fingerprint density at radius 3 is 2.39 bits per heavy atom. The minimum atomic E-state index is -0.0873. The molecule has 0 unspecified atom stereocenters. The number of hydrogen-bond donors (Lipinski definition) is 0. The maximum absolute atomic E-state index is 13.0. The van der Waals surface area contributed by atoms with Crippen LogP contribution in [0.3, 0.4) is 0 Å². The van der Waals surface area contributed by atoms with E-state index in [0.29, 0.717) is 31.4 Å². The molecule has 1 aromatic heterocycles. The number of carbonyl (C=O) groups is 2. The minimum absolute atomic E-state index is 0.00221. The van der Waals surface area contributed by atoms with Gasteiger partial charge in [0, 0.05) is 37.3 Å². The summed E-state index contributed by atoms with van der Waals surface area (Å²) in [5, 5.41) is 0. The first-order chi connectivity index (χ1) is 13.5. The lowest BCUT2D eigenvalue weighted by molar-refractivity contribution is -0.127. The predicted octanol–water partition coefficient (Wildman–Crippen LogP) is 3.39. The van der Waals surface area contributed by atoms with E-state index < -0.39 is 0 Å². The monoisotopic (exact) mass is 377 g/mol. The maximum Gasteiger partial charge on any atom is 0.246 e. The van der Waals surface area contributed by atoms with E-state index in [4.69, 9.17) is 0 Å². The standard InChI is InChI=1S/C23H27N3O2/c1-18(2)24-21-10-6-7-15-26(21)23(28)20-13-16-25(17-14-20)22(27)12-11-19-8-4-3-5-9-19/h3-12,15,18,20H,13-14,16-17H2,1-2H3/b12-11+,24-21?. The zero-order valence-electron chi connectivity index (χ0n) is 16.5. The van der Waals surface area contributed by atoms with Crippen molar-refractivity contribution in [1.82, 2.24) is 9.47 Å². The van der Waals surface area contributed by atoms with Gasteiger partial charge in [-0.15, -0.1) is 0 Å². The molecule has 2 heterocycles. The molecular formula is C23H27N3O2. The fourth-order valence-electron chi connectivity index (χ4n) is 3.37. The molecule has 1 saturated heterocycles. The number of piperidine rings is 1. The fourth-order valence-corrected chi connectivity index (χ4v) is 3.37. The molecule has 2 aromatic rings. The van der Waals surface area contributed by atoms with Gasteiger partial charge in [-0.05, 0) is 50.5 Å². The predicted molar refractivity (Wildman–Crippen MR) is 111 cm³/mol. The fraction of sp³-hybridized carbons (Fsp3) is 0.348. The molecule has 0 N–H and O–H groups in total. The van der Waals surface area contributed by atoms with Crippen LogP contribution in [0, 0.1) is 5.92 Å². The Morgan fingerprint density at radius 1 is 1.04 bits per heavy atom. The zero-order chi connectivity index (χ0) is 19.9. The Morgan fingerprint density at radius 2 is 1.71 bits per heavy atom. The third kappa shape index (κ3) is 5.06. The zero-order valence-corrected chi connectivity index (χ0v) is 16.5. The SMILES string of the molecule is CC(C)N=c1ccccn1C(=O)C1CCN(C(=O)/C=C/c2ccccc2)CC1. The molecule has 3 rings (SSSR count). The molecule has 0 saturated carbocycles. The summed E-state index contributed by atoms with van der Waals surface area (Å²) in [5.74, 6) is -0.0276. The van der Waals surface area contributed by atoms with Crippen molar-refractivity contribution in [2.45, 2.75) is 32.7 Å². The number of benzene rings is 1. The lowest BCUT2D eigenvalue weighted by atomic mass is 9.95. The average Bonchev–Trinajstić information content (AvgIpc) is 2.72. The highest BCUT2D eigenvalue weighted by molar-refractivity contribution is 5.92. The molecule has 0 bridgehead atoms. The van der Waals surface area contributed by atoms with E-state index in [2.05, 4.69) is 4.99 Å². The molecule has 0 aliphatic carbocycles. The first kappa shape index (κ1) is 19.8. The molecule has 0 radical (unpaired) electrons. The van der Waals surface area contributed by atoms with Crippen LogP contribution in [0.1, 0.15) is 37.0 Å². The van der Waals surface area contributed by atoms with Crippen LogP contribution in [-0.2, 0) is 4.79 Å². The molecule has 5 heteroatoms. The number of hydrogen-bond acceptors (Lipinski definition) is 3. The van der Waals surface area contributed by atoms with Crippen LogP contribution in [0.5, 0.6) is 0 Å². The smallest absolute Gasteiger partial charge is 0.246 e. The molecule has 1 aliphatic rings. The van der Waals surface area contributed by atoms with E-state index in [0.717, 1.165) is 5.56 Å².